The first kappa shape index (κ1) is 14.3. The standard InChI is InChI=1S/C15H15ClFN3/c1-2-20(11-8-6-10(17)7-9-11)13-5-3-4-12(16)14(13)15(18)19/h3-9H,2H2,1H3,(H3,18,19). The van der Waals surface area contributed by atoms with Gasteiger partial charge >= 0.3 is 0 Å². The summed E-state index contributed by atoms with van der Waals surface area (Å²) in [7, 11) is 0. The van der Waals surface area contributed by atoms with E-state index >= 15 is 0 Å². The minimum atomic E-state index is -0.289. The van der Waals surface area contributed by atoms with Gasteiger partial charge in [-0.2, -0.15) is 0 Å². The van der Waals surface area contributed by atoms with E-state index in [0.717, 1.165) is 11.4 Å². The van der Waals surface area contributed by atoms with Crippen LogP contribution in [0.3, 0.4) is 0 Å². The zero-order valence-electron chi connectivity index (χ0n) is 11.0. The Kier molecular flexibility index (Phi) is 4.25. The molecule has 104 valence electrons. The minimum absolute atomic E-state index is 0.0915. The maximum absolute atomic E-state index is 13.0. The number of nitrogens with one attached hydrogen (secondary N) is 1. The van der Waals surface area contributed by atoms with Crippen LogP contribution in [0.25, 0.3) is 0 Å². The number of halogens is 2. The number of rotatable bonds is 4. The quantitative estimate of drug-likeness (QED) is 0.662. The summed E-state index contributed by atoms with van der Waals surface area (Å²) in [5.41, 5.74) is 7.66. The third-order valence-corrected chi connectivity index (χ3v) is 3.32. The number of benzene rings is 2. The molecule has 2 aromatic rings. The SMILES string of the molecule is CCN(c1ccc(F)cc1)c1cccc(Cl)c1C(=N)N. The summed E-state index contributed by atoms with van der Waals surface area (Å²) in [5.74, 6) is -0.381. The smallest absolute Gasteiger partial charge is 0.126 e. The lowest BCUT2D eigenvalue weighted by atomic mass is 10.1. The van der Waals surface area contributed by atoms with Crippen LogP contribution >= 0.6 is 11.6 Å². The van der Waals surface area contributed by atoms with E-state index in [1.165, 1.54) is 12.1 Å². The van der Waals surface area contributed by atoms with Gasteiger partial charge in [0, 0.05) is 12.2 Å². The molecule has 0 fully saturated rings. The molecule has 0 saturated carbocycles. The van der Waals surface area contributed by atoms with Gasteiger partial charge in [0.1, 0.15) is 11.7 Å². The van der Waals surface area contributed by atoms with Crippen LogP contribution in [0, 0.1) is 11.2 Å². The van der Waals surface area contributed by atoms with Gasteiger partial charge in [0.2, 0.25) is 0 Å². The molecule has 2 rings (SSSR count). The molecule has 0 unspecified atom stereocenters. The van der Waals surface area contributed by atoms with E-state index in [0.29, 0.717) is 17.1 Å². The second-order valence-electron chi connectivity index (χ2n) is 4.27. The van der Waals surface area contributed by atoms with E-state index in [2.05, 4.69) is 0 Å². The summed E-state index contributed by atoms with van der Waals surface area (Å²) >= 11 is 6.13. The van der Waals surface area contributed by atoms with Crippen molar-refractivity contribution < 1.29 is 4.39 Å². The highest BCUT2D eigenvalue weighted by Gasteiger charge is 2.16. The van der Waals surface area contributed by atoms with Gasteiger partial charge in [-0.05, 0) is 43.3 Å². The van der Waals surface area contributed by atoms with Crippen LogP contribution in [0.4, 0.5) is 15.8 Å². The largest absolute Gasteiger partial charge is 0.384 e. The second kappa shape index (κ2) is 5.92. The van der Waals surface area contributed by atoms with Crippen LogP contribution in [0.15, 0.2) is 42.5 Å². The molecule has 0 amide bonds. The molecule has 0 aliphatic rings. The van der Waals surface area contributed by atoms with Crippen LogP contribution in [0.5, 0.6) is 0 Å². The highest BCUT2D eigenvalue weighted by atomic mass is 35.5. The van der Waals surface area contributed by atoms with E-state index in [-0.39, 0.29) is 11.7 Å². The van der Waals surface area contributed by atoms with Crippen LogP contribution in [0.2, 0.25) is 5.02 Å². The summed E-state index contributed by atoms with van der Waals surface area (Å²) in [6.45, 7) is 2.61. The molecule has 0 saturated heterocycles. The Balaban J connectivity index is 2.55. The molecule has 0 spiro atoms. The lowest BCUT2D eigenvalue weighted by Crippen LogP contribution is -2.22. The molecular weight excluding hydrogens is 277 g/mol. The maximum Gasteiger partial charge on any atom is 0.126 e. The van der Waals surface area contributed by atoms with Crippen molar-refractivity contribution >= 4 is 28.8 Å². The monoisotopic (exact) mass is 291 g/mol. The normalized spacial score (nSPS) is 10.3. The number of anilines is 2. The van der Waals surface area contributed by atoms with Gasteiger partial charge in [0.15, 0.2) is 0 Å². The van der Waals surface area contributed by atoms with E-state index in [4.69, 9.17) is 22.7 Å². The first-order valence-corrected chi connectivity index (χ1v) is 6.58. The van der Waals surface area contributed by atoms with Gasteiger partial charge in [-0.15, -0.1) is 0 Å². The molecule has 3 nitrogen and oxygen atoms in total. The average molecular weight is 292 g/mol. The number of hydrogen-bond acceptors (Lipinski definition) is 2. The minimum Gasteiger partial charge on any atom is -0.384 e. The first-order chi connectivity index (χ1) is 9.54. The van der Waals surface area contributed by atoms with Crippen molar-refractivity contribution in [2.75, 3.05) is 11.4 Å². The van der Waals surface area contributed by atoms with Crippen molar-refractivity contribution in [2.45, 2.75) is 6.92 Å². The third-order valence-electron chi connectivity index (χ3n) is 3.01. The predicted molar refractivity (Wildman–Crippen MR) is 81.5 cm³/mol. The van der Waals surface area contributed by atoms with Crippen molar-refractivity contribution in [3.63, 3.8) is 0 Å². The number of nitrogens with zero attached hydrogens (tertiary/aromatic N) is 1. The van der Waals surface area contributed by atoms with Crippen molar-refractivity contribution in [1.82, 2.24) is 0 Å². The lowest BCUT2D eigenvalue weighted by Gasteiger charge is -2.26. The summed E-state index contributed by atoms with van der Waals surface area (Å²) in [4.78, 5) is 1.93. The second-order valence-corrected chi connectivity index (χ2v) is 4.68. The van der Waals surface area contributed by atoms with Gasteiger partial charge in [0.25, 0.3) is 0 Å². The predicted octanol–water partition coefficient (Wildman–Crippen LogP) is 3.92. The lowest BCUT2D eigenvalue weighted by molar-refractivity contribution is 0.628. The summed E-state index contributed by atoms with van der Waals surface area (Å²) in [5, 5.41) is 8.12. The molecule has 20 heavy (non-hydrogen) atoms. The van der Waals surface area contributed by atoms with Crippen molar-refractivity contribution in [3.05, 3.63) is 58.9 Å². The Morgan fingerprint density at radius 1 is 1.25 bits per heavy atom. The molecule has 3 N–H and O–H groups in total. The number of amidine groups is 1. The molecule has 0 atom stereocenters. The summed E-state index contributed by atoms with van der Waals surface area (Å²) in [6, 6.07) is 11.5. The van der Waals surface area contributed by atoms with E-state index in [1.54, 1.807) is 24.3 Å². The fourth-order valence-corrected chi connectivity index (χ4v) is 2.39. The van der Waals surface area contributed by atoms with Crippen LogP contribution in [-0.2, 0) is 0 Å². The number of hydrogen-bond donors (Lipinski definition) is 2. The fraction of sp³-hybridized carbons (Fsp3) is 0.133. The van der Waals surface area contributed by atoms with Crippen LogP contribution in [-0.4, -0.2) is 12.4 Å². The van der Waals surface area contributed by atoms with Gasteiger partial charge in [-0.1, -0.05) is 17.7 Å². The van der Waals surface area contributed by atoms with Crippen molar-refractivity contribution in [2.24, 2.45) is 5.73 Å². The Bertz CT molecular complexity index is 626. The van der Waals surface area contributed by atoms with Gasteiger partial charge in [0.05, 0.1) is 16.3 Å². The fourth-order valence-electron chi connectivity index (χ4n) is 2.12. The highest BCUT2D eigenvalue weighted by molar-refractivity contribution is 6.34. The molecule has 0 aliphatic carbocycles. The van der Waals surface area contributed by atoms with E-state index in [9.17, 15) is 4.39 Å². The van der Waals surface area contributed by atoms with E-state index in [1.807, 2.05) is 17.9 Å². The molecule has 2 aromatic carbocycles. The highest BCUT2D eigenvalue weighted by Crippen LogP contribution is 2.32. The Morgan fingerprint density at radius 2 is 1.90 bits per heavy atom. The van der Waals surface area contributed by atoms with Crippen molar-refractivity contribution in [1.29, 1.82) is 5.41 Å². The molecule has 0 heterocycles. The summed E-state index contributed by atoms with van der Waals surface area (Å²) < 4.78 is 13.0. The molecule has 0 aliphatic heterocycles. The zero-order valence-corrected chi connectivity index (χ0v) is 11.8. The maximum atomic E-state index is 13.0. The molecule has 0 bridgehead atoms. The molecule has 0 radical (unpaired) electrons. The molecular formula is C15H15ClFN3. The molecule has 5 heteroatoms. The summed E-state index contributed by atoms with van der Waals surface area (Å²) in [6.07, 6.45) is 0. The molecule has 0 aromatic heterocycles. The third kappa shape index (κ3) is 2.75. The van der Waals surface area contributed by atoms with Gasteiger partial charge in [-0.3, -0.25) is 5.41 Å². The number of nitrogen functional groups attached to an aromatic ring is 1. The number of nitrogens with two attached hydrogens (primary N) is 1. The Hall–Kier alpha value is -2.07. The Morgan fingerprint density at radius 3 is 2.45 bits per heavy atom. The van der Waals surface area contributed by atoms with Gasteiger partial charge < -0.3 is 10.6 Å². The van der Waals surface area contributed by atoms with Crippen molar-refractivity contribution in [3.8, 4) is 0 Å². The average Bonchev–Trinajstić information content (AvgIpc) is 2.41. The van der Waals surface area contributed by atoms with Gasteiger partial charge in [-0.25, -0.2) is 4.39 Å². The van der Waals surface area contributed by atoms with E-state index < -0.39 is 0 Å². The van der Waals surface area contributed by atoms with Crippen LogP contribution in [0.1, 0.15) is 12.5 Å². The Labute approximate surface area is 122 Å². The topological polar surface area (TPSA) is 53.1 Å². The van der Waals surface area contributed by atoms with Crippen LogP contribution < -0.4 is 10.6 Å². The zero-order chi connectivity index (χ0) is 14.7. The first-order valence-electron chi connectivity index (χ1n) is 6.20.